The first kappa shape index (κ1) is 15.4. The molecule has 0 aromatic carbocycles. The minimum Gasteiger partial charge on any atom is -0.467 e. The van der Waals surface area contributed by atoms with Crippen molar-refractivity contribution < 1.29 is 14.3 Å². The van der Waals surface area contributed by atoms with Gasteiger partial charge in [-0.3, -0.25) is 4.79 Å². The lowest BCUT2D eigenvalue weighted by molar-refractivity contribution is -0.147. The molecule has 19 heavy (non-hydrogen) atoms. The second-order valence-electron chi connectivity index (χ2n) is 4.37. The molecule has 0 saturated heterocycles. The van der Waals surface area contributed by atoms with Crippen LogP contribution in [-0.2, 0) is 9.53 Å². The van der Waals surface area contributed by atoms with Crippen molar-refractivity contribution in [3.63, 3.8) is 0 Å². The second-order valence-corrected chi connectivity index (χ2v) is 4.76. The van der Waals surface area contributed by atoms with Crippen molar-refractivity contribution in [2.24, 2.45) is 0 Å². The number of hydrogen-bond donors (Lipinski definition) is 1. The van der Waals surface area contributed by atoms with Gasteiger partial charge in [0.05, 0.1) is 7.11 Å². The largest absolute Gasteiger partial charge is 0.467 e. The highest BCUT2D eigenvalue weighted by Crippen LogP contribution is 2.15. The van der Waals surface area contributed by atoms with Crippen LogP contribution < -0.4 is 5.32 Å². The van der Waals surface area contributed by atoms with Crippen LogP contribution in [0, 0.1) is 0 Å². The number of amides is 1. The fourth-order valence-electron chi connectivity index (χ4n) is 1.79. The van der Waals surface area contributed by atoms with Crippen LogP contribution >= 0.6 is 11.6 Å². The lowest BCUT2D eigenvalue weighted by Crippen LogP contribution is -2.52. The van der Waals surface area contributed by atoms with Gasteiger partial charge in [0.25, 0.3) is 5.91 Å². The Labute approximate surface area is 117 Å². The fraction of sp³-hybridized carbons (Fsp3) is 0.462. The highest BCUT2D eigenvalue weighted by molar-refractivity contribution is 6.29. The van der Waals surface area contributed by atoms with Gasteiger partial charge in [-0.25, -0.2) is 9.78 Å². The lowest BCUT2D eigenvalue weighted by Gasteiger charge is -2.27. The minimum atomic E-state index is -1.06. The zero-order valence-corrected chi connectivity index (χ0v) is 12.0. The topological polar surface area (TPSA) is 68.3 Å². The van der Waals surface area contributed by atoms with Gasteiger partial charge in [0.15, 0.2) is 0 Å². The van der Waals surface area contributed by atoms with Crippen molar-refractivity contribution in [1.29, 1.82) is 0 Å². The molecule has 0 saturated carbocycles. The Morgan fingerprint density at radius 3 is 2.68 bits per heavy atom. The van der Waals surface area contributed by atoms with Crippen LogP contribution in [0.25, 0.3) is 0 Å². The van der Waals surface area contributed by atoms with E-state index < -0.39 is 17.4 Å². The Kier molecular flexibility index (Phi) is 5.30. The summed E-state index contributed by atoms with van der Waals surface area (Å²) >= 11 is 5.73. The summed E-state index contributed by atoms with van der Waals surface area (Å²) in [6.07, 6.45) is 1.21. The van der Waals surface area contributed by atoms with E-state index in [2.05, 4.69) is 10.3 Å². The fourth-order valence-corrected chi connectivity index (χ4v) is 1.95. The highest BCUT2D eigenvalue weighted by atomic mass is 35.5. The standard InChI is InChI=1S/C13H17ClN2O3/c1-4-8-13(2,12(18)19-3)16-11(17)9-6-5-7-10(14)15-9/h5-7H,4,8H2,1-3H3,(H,16,17). The van der Waals surface area contributed by atoms with Crippen molar-refractivity contribution >= 4 is 23.5 Å². The van der Waals surface area contributed by atoms with Gasteiger partial charge >= 0.3 is 5.97 Å². The van der Waals surface area contributed by atoms with E-state index in [1.54, 1.807) is 19.1 Å². The molecule has 5 nitrogen and oxygen atoms in total. The summed E-state index contributed by atoms with van der Waals surface area (Å²) in [6, 6.07) is 4.73. The summed E-state index contributed by atoms with van der Waals surface area (Å²) in [5.41, 5.74) is -0.899. The van der Waals surface area contributed by atoms with E-state index in [1.807, 2.05) is 6.92 Å². The molecular weight excluding hydrogens is 268 g/mol. The van der Waals surface area contributed by atoms with Crippen molar-refractivity contribution in [3.8, 4) is 0 Å². The molecule has 0 aliphatic rings. The molecule has 0 radical (unpaired) electrons. The molecule has 1 aromatic heterocycles. The van der Waals surface area contributed by atoms with Crippen molar-refractivity contribution in [2.75, 3.05) is 7.11 Å². The molecule has 0 spiro atoms. The monoisotopic (exact) mass is 284 g/mol. The molecule has 0 aliphatic carbocycles. The quantitative estimate of drug-likeness (QED) is 0.665. The average Bonchev–Trinajstić information content (AvgIpc) is 2.37. The molecular formula is C13H17ClN2O3. The van der Waals surface area contributed by atoms with E-state index in [9.17, 15) is 9.59 Å². The van der Waals surface area contributed by atoms with E-state index in [0.717, 1.165) is 6.42 Å². The van der Waals surface area contributed by atoms with E-state index >= 15 is 0 Å². The summed E-state index contributed by atoms with van der Waals surface area (Å²) in [7, 11) is 1.29. The summed E-state index contributed by atoms with van der Waals surface area (Å²) in [5.74, 6) is -0.937. The molecule has 1 atom stereocenters. The number of halogens is 1. The van der Waals surface area contributed by atoms with E-state index in [0.29, 0.717) is 6.42 Å². The zero-order chi connectivity index (χ0) is 14.5. The van der Waals surface area contributed by atoms with Crippen LogP contribution in [0.1, 0.15) is 37.2 Å². The third-order valence-electron chi connectivity index (χ3n) is 2.72. The number of aromatic nitrogens is 1. The van der Waals surface area contributed by atoms with Crippen LogP contribution in [-0.4, -0.2) is 29.5 Å². The summed E-state index contributed by atoms with van der Waals surface area (Å²) in [4.78, 5) is 27.7. The van der Waals surface area contributed by atoms with Crippen LogP contribution in [0.4, 0.5) is 0 Å². The molecule has 0 aliphatic heterocycles. The number of carbonyl (C=O) groups is 2. The molecule has 104 valence electrons. The van der Waals surface area contributed by atoms with Crippen molar-refractivity contribution in [3.05, 3.63) is 29.0 Å². The zero-order valence-electron chi connectivity index (χ0n) is 11.2. The number of methoxy groups -OCH3 is 1. The van der Waals surface area contributed by atoms with Gasteiger partial charge in [-0.1, -0.05) is 31.0 Å². The van der Waals surface area contributed by atoms with Crippen LogP contribution in [0.2, 0.25) is 5.15 Å². The third-order valence-corrected chi connectivity index (χ3v) is 2.93. The van der Waals surface area contributed by atoms with E-state index in [1.165, 1.54) is 13.2 Å². The number of nitrogens with zero attached hydrogens (tertiary/aromatic N) is 1. The number of ether oxygens (including phenoxy) is 1. The molecule has 0 fully saturated rings. The minimum absolute atomic E-state index is 0.165. The number of nitrogens with one attached hydrogen (secondary N) is 1. The van der Waals surface area contributed by atoms with E-state index in [4.69, 9.17) is 16.3 Å². The maximum absolute atomic E-state index is 12.1. The molecule has 1 unspecified atom stereocenters. The number of hydrogen-bond acceptors (Lipinski definition) is 4. The number of rotatable bonds is 5. The van der Waals surface area contributed by atoms with Gasteiger partial charge < -0.3 is 10.1 Å². The normalized spacial score (nSPS) is 13.5. The predicted molar refractivity (Wildman–Crippen MR) is 72.0 cm³/mol. The Hall–Kier alpha value is -1.62. The maximum atomic E-state index is 12.1. The Morgan fingerprint density at radius 2 is 2.16 bits per heavy atom. The number of pyridine rings is 1. The molecule has 6 heteroatoms. The third kappa shape index (κ3) is 3.92. The predicted octanol–water partition coefficient (Wildman–Crippen LogP) is 2.20. The average molecular weight is 285 g/mol. The smallest absolute Gasteiger partial charge is 0.331 e. The second kappa shape index (κ2) is 6.52. The first-order valence-electron chi connectivity index (χ1n) is 5.96. The molecule has 1 aromatic rings. The van der Waals surface area contributed by atoms with Crippen LogP contribution in [0.5, 0.6) is 0 Å². The maximum Gasteiger partial charge on any atom is 0.331 e. The first-order valence-corrected chi connectivity index (χ1v) is 6.34. The summed E-state index contributed by atoms with van der Waals surface area (Å²) in [5, 5.41) is 2.88. The van der Waals surface area contributed by atoms with Crippen LogP contribution in [0.3, 0.4) is 0 Å². The highest BCUT2D eigenvalue weighted by Gasteiger charge is 2.35. The van der Waals surface area contributed by atoms with Gasteiger partial charge in [0.2, 0.25) is 0 Å². The molecule has 1 rings (SSSR count). The number of esters is 1. The van der Waals surface area contributed by atoms with Gasteiger partial charge in [-0.2, -0.15) is 0 Å². The Bertz CT molecular complexity index is 479. The summed E-state index contributed by atoms with van der Waals surface area (Å²) < 4.78 is 4.73. The van der Waals surface area contributed by atoms with Gasteiger partial charge in [-0.05, 0) is 25.5 Å². The molecule has 1 amide bonds. The van der Waals surface area contributed by atoms with Crippen molar-refractivity contribution in [1.82, 2.24) is 10.3 Å². The Morgan fingerprint density at radius 1 is 1.47 bits per heavy atom. The van der Waals surface area contributed by atoms with Gasteiger partial charge in [0, 0.05) is 0 Å². The first-order chi connectivity index (χ1) is 8.92. The SMILES string of the molecule is CCCC(C)(NC(=O)c1cccc(Cl)n1)C(=O)OC. The lowest BCUT2D eigenvalue weighted by atomic mass is 9.96. The molecule has 0 bridgehead atoms. The molecule has 1 heterocycles. The Balaban J connectivity index is 2.91. The molecule has 1 N–H and O–H groups in total. The number of carbonyl (C=O) groups excluding carboxylic acids is 2. The van der Waals surface area contributed by atoms with Crippen LogP contribution in [0.15, 0.2) is 18.2 Å². The van der Waals surface area contributed by atoms with E-state index in [-0.39, 0.29) is 10.8 Å². The van der Waals surface area contributed by atoms with Gasteiger partial charge in [-0.15, -0.1) is 0 Å². The summed E-state index contributed by atoms with van der Waals surface area (Å²) in [6.45, 7) is 3.55. The van der Waals surface area contributed by atoms with Gasteiger partial charge in [0.1, 0.15) is 16.4 Å². The van der Waals surface area contributed by atoms with Crippen molar-refractivity contribution in [2.45, 2.75) is 32.2 Å².